The van der Waals surface area contributed by atoms with Crippen LogP contribution in [0, 0.1) is 0 Å². The second-order valence-electron chi connectivity index (χ2n) is 6.97. The topological polar surface area (TPSA) is 91.2 Å². The third kappa shape index (κ3) is 5.15. The van der Waals surface area contributed by atoms with E-state index in [1.807, 2.05) is 4.90 Å². The van der Waals surface area contributed by atoms with Crippen LogP contribution in [-0.4, -0.2) is 50.9 Å². The molecule has 1 aromatic carbocycles. The van der Waals surface area contributed by atoms with Crippen LogP contribution < -0.4 is 10.2 Å². The molecule has 160 valence electrons. The van der Waals surface area contributed by atoms with E-state index >= 15 is 0 Å². The highest BCUT2D eigenvalue weighted by Gasteiger charge is 2.25. The molecule has 0 saturated carbocycles. The molecule has 0 bridgehead atoms. The molecule has 1 unspecified atom stereocenters. The number of nitrogens with one attached hydrogen (secondary N) is 1. The normalized spacial score (nSPS) is 16.0. The number of β-amino-alcohol motifs (C(OH)–C–C–N with tert-alkyl or cyclic N) is 1. The number of aliphatic hydroxyl groups excluding tert-OH is 1. The molecule has 2 N–H and O–H groups in total. The predicted octanol–water partition coefficient (Wildman–Crippen LogP) is 3.68. The fourth-order valence-corrected chi connectivity index (χ4v) is 3.84. The number of thioether (sulfide) groups is 1. The maximum Gasteiger partial charge on any atom is 0.288 e. The quantitative estimate of drug-likeness (QED) is 0.562. The molecule has 2 aromatic heterocycles. The van der Waals surface area contributed by atoms with E-state index in [-0.39, 0.29) is 5.91 Å². The number of aliphatic hydroxyl groups is 1. The maximum absolute atomic E-state index is 12.8. The third-order valence-electron chi connectivity index (χ3n) is 4.80. The SMILES string of the molecule is O=C(Nc1ccc(SC(F)F)cc1)c1cnc(N2CCC(O)C2)c(-c2cncnc2)c1. The van der Waals surface area contributed by atoms with Gasteiger partial charge in [0.2, 0.25) is 0 Å². The standard InChI is InChI=1S/C21H19F2N5O2S/c22-21(23)31-17-3-1-15(2-4-17)27-20(30)13-7-18(14-8-24-12-25-9-14)19(26-10-13)28-6-5-16(29)11-28/h1-4,7-10,12,16,21,29H,5-6,11H2,(H,27,30). The van der Waals surface area contributed by atoms with Crippen molar-refractivity contribution in [2.45, 2.75) is 23.2 Å². The molecule has 1 amide bonds. The molecule has 1 atom stereocenters. The molecule has 7 nitrogen and oxygen atoms in total. The first kappa shape index (κ1) is 21.1. The van der Waals surface area contributed by atoms with Gasteiger partial charge in [-0.25, -0.2) is 15.0 Å². The van der Waals surface area contributed by atoms with E-state index in [1.54, 1.807) is 30.6 Å². The average molecular weight is 443 g/mol. The lowest BCUT2D eigenvalue weighted by molar-refractivity contribution is 0.102. The second kappa shape index (κ2) is 9.36. The van der Waals surface area contributed by atoms with Crippen molar-refractivity contribution >= 4 is 29.2 Å². The molecular formula is C21H19F2N5O2S. The number of rotatable bonds is 6. The zero-order valence-corrected chi connectivity index (χ0v) is 17.1. The second-order valence-corrected chi connectivity index (χ2v) is 8.03. The molecule has 10 heteroatoms. The van der Waals surface area contributed by atoms with E-state index in [9.17, 15) is 18.7 Å². The minimum absolute atomic E-state index is 0.327. The molecule has 0 aliphatic carbocycles. The summed E-state index contributed by atoms with van der Waals surface area (Å²) in [6, 6.07) is 7.91. The number of halogens is 2. The Hall–Kier alpha value is -3.11. The Bertz CT molecular complexity index is 1050. The lowest BCUT2D eigenvalue weighted by Crippen LogP contribution is -2.23. The van der Waals surface area contributed by atoms with Crippen molar-refractivity contribution < 1.29 is 18.7 Å². The molecule has 0 spiro atoms. The number of nitrogens with zero attached hydrogens (tertiary/aromatic N) is 4. The van der Waals surface area contributed by atoms with Crippen LogP contribution in [0.15, 0.2) is 60.1 Å². The van der Waals surface area contributed by atoms with Crippen molar-refractivity contribution in [3.8, 4) is 11.1 Å². The van der Waals surface area contributed by atoms with Crippen LogP contribution in [0.2, 0.25) is 0 Å². The Morgan fingerprint density at radius 1 is 1.19 bits per heavy atom. The Morgan fingerprint density at radius 3 is 2.58 bits per heavy atom. The highest BCUT2D eigenvalue weighted by molar-refractivity contribution is 7.99. The molecule has 1 fully saturated rings. The summed E-state index contributed by atoms with van der Waals surface area (Å²) in [5.41, 5.74) is 2.20. The molecule has 31 heavy (non-hydrogen) atoms. The number of benzene rings is 1. The van der Waals surface area contributed by atoms with Crippen LogP contribution in [0.3, 0.4) is 0 Å². The maximum atomic E-state index is 12.8. The van der Waals surface area contributed by atoms with Crippen molar-refractivity contribution in [1.82, 2.24) is 15.0 Å². The number of anilines is 2. The van der Waals surface area contributed by atoms with E-state index in [1.165, 1.54) is 24.7 Å². The van der Waals surface area contributed by atoms with E-state index in [2.05, 4.69) is 20.3 Å². The van der Waals surface area contributed by atoms with Crippen molar-refractivity contribution in [3.63, 3.8) is 0 Å². The van der Waals surface area contributed by atoms with Crippen LogP contribution in [-0.2, 0) is 0 Å². The number of carbonyl (C=O) groups excluding carboxylic acids is 1. The zero-order valence-electron chi connectivity index (χ0n) is 16.3. The van der Waals surface area contributed by atoms with E-state index in [0.717, 1.165) is 0 Å². The van der Waals surface area contributed by atoms with Gasteiger partial charge in [-0.2, -0.15) is 8.78 Å². The van der Waals surface area contributed by atoms with Crippen molar-refractivity contribution in [2.24, 2.45) is 0 Å². The smallest absolute Gasteiger partial charge is 0.288 e. The minimum atomic E-state index is -2.50. The van der Waals surface area contributed by atoms with E-state index in [0.29, 0.717) is 64.4 Å². The van der Waals surface area contributed by atoms with Gasteiger partial charge in [0.05, 0.1) is 11.7 Å². The molecule has 1 saturated heterocycles. The summed E-state index contributed by atoms with van der Waals surface area (Å²) in [6.45, 7) is 1.12. The summed E-state index contributed by atoms with van der Waals surface area (Å²) >= 11 is 0.445. The van der Waals surface area contributed by atoms with Crippen LogP contribution in [0.4, 0.5) is 20.3 Å². The molecule has 4 rings (SSSR count). The highest BCUT2D eigenvalue weighted by Crippen LogP contribution is 2.32. The molecule has 1 aliphatic rings. The Labute approximate surface area is 181 Å². The third-order valence-corrected chi connectivity index (χ3v) is 5.52. The average Bonchev–Trinajstić information content (AvgIpc) is 3.21. The van der Waals surface area contributed by atoms with Crippen LogP contribution >= 0.6 is 11.8 Å². The minimum Gasteiger partial charge on any atom is -0.391 e. The van der Waals surface area contributed by atoms with Gasteiger partial charge in [-0.1, -0.05) is 11.8 Å². The molecular weight excluding hydrogens is 424 g/mol. The lowest BCUT2D eigenvalue weighted by atomic mass is 10.1. The predicted molar refractivity (Wildman–Crippen MR) is 114 cm³/mol. The number of pyridine rings is 1. The van der Waals surface area contributed by atoms with Gasteiger partial charge in [0.25, 0.3) is 11.7 Å². The van der Waals surface area contributed by atoms with E-state index in [4.69, 9.17) is 0 Å². The fraction of sp³-hybridized carbons (Fsp3) is 0.238. The molecule has 3 aromatic rings. The van der Waals surface area contributed by atoms with Gasteiger partial charge in [0.1, 0.15) is 12.1 Å². The summed E-state index contributed by atoms with van der Waals surface area (Å²) in [5, 5.41) is 12.6. The molecule has 0 radical (unpaired) electrons. The number of hydrogen-bond acceptors (Lipinski definition) is 7. The van der Waals surface area contributed by atoms with E-state index < -0.39 is 11.9 Å². The number of aromatic nitrogens is 3. The highest BCUT2D eigenvalue weighted by atomic mass is 32.2. The summed E-state index contributed by atoms with van der Waals surface area (Å²) < 4.78 is 24.9. The first-order valence-corrected chi connectivity index (χ1v) is 10.4. The monoisotopic (exact) mass is 443 g/mol. The van der Waals surface area contributed by atoms with Crippen molar-refractivity contribution in [3.05, 3.63) is 60.8 Å². The van der Waals surface area contributed by atoms with Crippen LogP contribution in [0.5, 0.6) is 0 Å². The van der Waals surface area contributed by atoms with Crippen LogP contribution in [0.25, 0.3) is 11.1 Å². The van der Waals surface area contributed by atoms with Gasteiger partial charge in [0, 0.05) is 53.4 Å². The Balaban J connectivity index is 1.59. The summed E-state index contributed by atoms with van der Waals surface area (Å²) in [5.74, 6) is -2.23. The van der Waals surface area contributed by atoms with Gasteiger partial charge in [-0.05, 0) is 36.8 Å². The van der Waals surface area contributed by atoms with Crippen LogP contribution in [0.1, 0.15) is 16.8 Å². The number of alkyl halides is 2. The van der Waals surface area contributed by atoms with Gasteiger partial charge in [0.15, 0.2) is 0 Å². The Morgan fingerprint density at radius 2 is 1.94 bits per heavy atom. The summed E-state index contributed by atoms with van der Waals surface area (Å²) in [7, 11) is 0. The first-order valence-electron chi connectivity index (χ1n) is 9.54. The largest absolute Gasteiger partial charge is 0.391 e. The first-order chi connectivity index (χ1) is 15.0. The number of carbonyl (C=O) groups is 1. The van der Waals surface area contributed by atoms with Crippen molar-refractivity contribution in [1.29, 1.82) is 0 Å². The number of amides is 1. The fourth-order valence-electron chi connectivity index (χ4n) is 3.34. The van der Waals surface area contributed by atoms with Gasteiger partial charge in [-0.3, -0.25) is 4.79 Å². The molecule has 1 aliphatic heterocycles. The Kier molecular flexibility index (Phi) is 6.38. The van der Waals surface area contributed by atoms with Gasteiger partial charge in [-0.15, -0.1) is 0 Å². The zero-order chi connectivity index (χ0) is 21.8. The summed E-state index contributed by atoms with van der Waals surface area (Å²) in [6.07, 6.45) is 6.40. The van der Waals surface area contributed by atoms with Crippen molar-refractivity contribution in [2.75, 3.05) is 23.3 Å². The molecule has 3 heterocycles. The van der Waals surface area contributed by atoms with Gasteiger partial charge < -0.3 is 15.3 Å². The summed E-state index contributed by atoms with van der Waals surface area (Å²) in [4.78, 5) is 27.8. The lowest BCUT2D eigenvalue weighted by Gasteiger charge is -2.20. The van der Waals surface area contributed by atoms with Gasteiger partial charge >= 0.3 is 0 Å². The number of hydrogen-bond donors (Lipinski definition) is 2.